The number of rotatable bonds is 7. The molecule has 2 aromatic rings. The van der Waals surface area contributed by atoms with E-state index in [1.807, 2.05) is 24.3 Å². The summed E-state index contributed by atoms with van der Waals surface area (Å²) < 4.78 is 5.14. The van der Waals surface area contributed by atoms with Gasteiger partial charge in [0.05, 0.1) is 7.11 Å². The van der Waals surface area contributed by atoms with E-state index in [0.29, 0.717) is 18.5 Å². The predicted octanol–water partition coefficient (Wildman–Crippen LogP) is 3.13. The number of ether oxygens (including phenoxy) is 1. The minimum absolute atomic E-state index is 0.137. The third-order valence-corrected chi connectivity index (χ3v) is 5.05. The molecule has 6 heteroatoms. The first kappa shape index (κ1) is 19.9. The van der Waals surface area contributed by atoms with Crippen LogP contribution in [0.1, 0.15) is 58.5 Å². The van der Waals surface area contributed by atoms with Gasteiger partial charge in [-0.25, -0.2) is 0 Å². The fraction of sp³-hybridized carbons (Fsp3) is 0.409. The molecule has 0 spiro atoms. The summed E-state index contributed by atoms with van der Waals surface area (Å²) in [5, 5.41) is 5.93. The molecule has 3 rings (SSSR count). The van der Waals surface area contributed by atoms with E-state index in [-0.39, 0.29) is 23.6 Å². The molecule has 1 aliphatic carbocycles. The van der Waals surface area contributed by atoms with Gasteiger partial charge in [-0.2, -0.15) is 0 Å². The second kappa shape index (κ2) is 9.88. The molecule has 1 saturated carbocycles. The number of pyridine rings is 1. The van der Waals surface area contributed by atoms with Crippen LogP contribution in [0.15, 0.2) is 42.6 Å². The van der Waals surface area contributed by atoms with Crippen LogP contribution in [0.4, 0.5) is 0 Å². The molecule has 0 atom stereocenters. The minimum Gasteiger partial charge on any atom is -0.497 e. The summed E-state index contributed by atoms with van der Waals surface area (Å²) in [6.45, 7) is 0.491. The van der Waals surface area contributed by atoms with Crippen LogP contribution in [0, 0.1) is 0 Å². The van der Waals surface area contributed by atoms with Crippen molar-refractivity contribution < 1.29 is 14.3 Å². The van der Waals surface area contributed by atoms with Crippen LogP contribution in [-0.4, -0.2) is 36.5 Å². The summed E-state index contributed by atoms with van der Waals surface area (Å²) in [4.78, 5) is 28.9. The Morgan fingerprint density at radius 1 is 1.07 bits per heavy atom. The maximum Gasteiger partial charge on any atom is 0.269 e. The Bertz CT molecular complexity index is 799. The molecule has 0 aliphatic heterocycles. The summed E-state index contributed by atoms with van der Waals surface area (Å²) in [6, 6.07) is 11.2. The van der Waals surface area contributed by atoms with Crippen LogP contribution < -0.4 is 15.4 Å². The number of methoxy groups -OCH3 is 1. The quantitative estimate of drug-likeness (QED) is 0.772. The van der Waals surface area contributed by atoms with Gasteiger partial charge < -0.3 is 15.4 Å². The molecule has 1 aliphatic rings. The number of nitrogens with zero attached hydrogens (tertiary/aromatic N) is 1. The number of aromatic nitrogens is 1. The average Bonchev–Trinajstić information content (AvgIpc) is 2.75. The largest absolute Gasteiger partial charge is 0.497 e. The van der Waals surface area contributed by atoms with Gasteiger partial charge in [0.2, 0.25) is 0 Å². The van der Waals surface area contributed by atoms with Gasteiger partial charge in [0, 0.05) is 24.3 Å². The van der Waals surface area contributed by atoms with E-state index in [4.69, 9.17) is 4.74 Å². The average molecular weight is 381 g/mol. The number of carbonyl (C=O) groups is 2. The van der Waals surface area contributed by atoms with Crippen molar-refractivity contribution in [3.63, 3.8) is 0 Å². The second-order valence-electron chi connectivity index (χ2n) is 7.09. The lowest BCUT2D eigenvalue weighted by atomic mass is 9.95. The van der Waals surface area contributed by atoms with Crippen LogP contribution in [0.3, 0.4) is 0 Å². The smallest absolute Gasteiger partial charge is 0.269 e. The highest BCUT2D eigenvalue weighted by molar-refractivity contribution is 5.98. The third kappa shape index (κ3) is 5.55. The molecule has 0 unspecified atom stereocenters. The van der Waals surface area contributed by atoms with Gasteiger partial charge in [0.15, 0.2) is 0 Å². The molecule has 148 valence electrons. The van der Waals surface area contributed by atoms with Gasteiger partial charge in [0.1, 0.15) is 11.4 Å². The number of carbonyl (C=O) groups excluding carboxylic acids is 2. The molecule has 0 saturated heterocycles. The van der Waals surface area contributed by atoms with Gasteiger partial charge in [-0.3, -0.25) is 14.6 Å². The number of nitrogens with one attached hydrogen (secondary N) is 2. The third-order valence-electron chi connectivity index (χ3n) is 5.05. The molecule has 28 heavy (non-hydrogen) atoms. The number of hydrogen-bond acceptors (Lipinski definition) is 4. The maximum absolute atomic E-state index is 12.5. The van der Waals surface area contributed by atoms with Gasteiger partial charge in [0.25, 0.3) is 11.8 Å². The van der Waals surface area contributed by atoms with Crippen molar-refractivity contribution in [2.75, 3.05) is 13.7 Å². The fourth-order valence-corrected chi connectivity index (χ4v) is 3.41. The first-order valence-corrected chi connectivity index (χ1v) is 9.84. The van der Waals surface area contributed by atoms with Gasteiger partial charge in [-0.15, -0.1) is 0 Å². The van der Waals surface area contributed by atoms with Crippen molar-refractivity contribution >= 4 is 11.8 Å². The maximum atomic E-state index is 12.5. The van der Waals surface area contributed by atoms with Crippen molar-refractivity contribution in [3.05, 3.63) is 59.4 Å². The molecule has 6 nitrogen and oxygen atoms in total. The lowest BCUT2D eigenvalue weighted by Crippen LogP contribution is -2.36. The zero-order chi connectivity index (χ0) is 19.8. The van der Waals surface area contributed by atoms with Gasteiger partial charge >= 0.3 is 0 Å². The van der Waals surface area contributed by atoms with Gasteiger partial charge in [-0.1, -0.05) is 31.4 Å². The van der Waals surface area contributed by atoms with Crippen LogP contribution in [0.25, 0.3) is 0 Å². The Morgan fingerprint density at radius 3 is 2.54 bits per heavy atom. The van der Waals surface area contributed by atoms with E-state index in [2.05, 4.69) is 15.6 Å². The lowest BCUT2D eigenvalue weighted by Gasteiger charge is -2.22. The highest BCUT2D eigenvalue weighted by Crippen LogP contribution is 2.18. The number of amides is 2. The molecule has 2 N–H and O–H groups in total. The molecule has 2 amide bonds. The van der Waals surface area contributed by atoms with Crippen LogP contribution in [0.2, 0.25) is 0 Å². The van der Waals surface area contributed by atoms with Gasteiger partial charge in [-0.05, 0) is 49.1 Å². The Kier molecular flexibility index (Phi) is 7.00. The van der Waals surface area contributed by atoms with Crippen LogP contribution in [0.5, 0.6) is 5.75 Å². The van der Waals surface area contributed by atoms with E-state index >= 15 is 0 Å². The van der Waals surface area contributed by atoms with E-state index in [1.165, 1.54) is 12.6 Å². The van der Waals surface area contributed by atoms with Crippen molar-refractivity contribution in [2.45, 2.75) is 44.6 Å². The minimum atomic E-state index is -0.277. The van der Waals surface area contributed by atoms with Crippen molar-refractivity contribution in [3.8, 4) is 5.75 Å². The molecule has 1 aromatic carbocycles. The second-order valence-corrected chi connectivity index (χ2v) is 7.09. The Labute approximate surface area is 165 Å². The van der Waals surface area contributed by atoms with Crippen molar-refractivity contribution in [2.24, 2.45) is 0 Å². The summed E-state index contributed by atoms with van der Waals surface area (Å²) in [5.41, 5.74) is 1.83. The fourth-order valence-electron chi connectivity index (χ4n) is 3.41. The zero-order valence-corrected chi connectivity index (χ0v) is 16.2. The van der Waals surface area contributed by atoms with Crippen LogP contribution >= 0.6 is 0 Å². The highest BCUT2D eigenvalue weighted by atomic mass is 16.5. The standard InChI is InChI=1S/C22H27N3O3/c1-28-19-9-7-16(8-10-19)11-13-24-22(27)20-15-17(12-14-23-20)21(26)25-18-5-3-2-4-6-18/h7-10,12,14-15,18H,2-6,11,13H2,1H3,(H,24,27)(H,25,26). The number of hydrogen-bond donors (Lipinski definition) is 2. The molecule has 0 bridgehead atoms. The molecule has 1 heterocycles. The van der Waals surface area contributed by atoms with E-state index in [9.17, 15) is 9.59 Å². The zero-order valence-electron chi connectivity index (χ0n) is 16.2. The highest BCUT2D eigenvalue weighted by Gasteiger charge is 2.17. The Balaban J connectivity index is 1.51. The van der Waals surface area contributed by atoms with E-state index in [1.54, 1.807) is 19.2 Å². The topological polar surface area (TPSA) is 80.3 Å². The molecule has 1 aromatic heterocycles. The molecule has 1 fully saturated rings. The normalized spacial score (nSPS) is 14.3. The van der Waals surface area contributed by atoms with E-state index in [0.717, 1.165) is 37.0 Å². The monoisotopic (exact) mass is 381 g/mol. The summed E-state index contributed by atoms with van der Waals surface area (Å²) in [5.74, 6) is 0.391. The number of benzene rings is 1. The first-order valence-electron chi connectivity index (χ1n) is 9.84. The predicted molar refractivity (Wildman–Crippen MR) is 108 cm³/mol. The Morgan fingerprint density at radius 2 is 1.82 bits per heavy atom. The summed E-state index contributed by atoms with van der Waals surface area (Å²) >= 11 is 0. The first-order chi connectivity index (χ1) is 13.7. The molecular formula is C22H27N3O3. The summed E-state index contributed by atoms with van der Waals surface area (Å²) in [6.07, 6.45) is 7.81. The molecular weight excluding hydrogens is 354 g/mol. The SMILES string of the molecule is COc1ccc(CCNC(=O)c2cc(C(=O)NC3CCCCC3)ccn2)cc1. The van der Waals surface area contributed by atoms with Crippen molar-refractivity contribution in [1.29, 1.82) is 0 Å². The molecule has 0 radical (unpaired) electrons. The summed E-state index contributed by atoms with van der Waals surface area (Å²) in [7, 11) is 1.63. The van der Waals surface area contributed by atoms with E-state index < -0.39 is 0 Å². The lowest BCUT2D eigenvalue weighted by molar-refractivity contribution is 0.0927. The van der Waals surface area contributed by atoms with Crippen molar-refractivity contribution in [1.82, 2.24) is 15.6 Å². The Hall–Kier alpha value is -2.89. The van der Waals surface area contributed by atoms with Crippen LogP contribution in [-0.2, 0) is 6.42 Å².